The average molecular weight is 1170 g/mol. The Bertz CT molecular complexity index is 2800. The number of likely N-dealkylation sites (tertiary alicyclic amines) is 2. The van der Waals surface area contributed by atoms with Crippen LogP contribution in [0, 0.1) is 12.8 Å². The normalized spacial score (nSPS) is 21.2. The van der Waals surface area contributed by atoms with E-state index in [0.717, 1.165) is 30.4 Å². The third-order valence-corrected chi connectivity index (χ3v) is 16.8. The summed E-state index contributed by atoms with van der Waals surface area (Å²) >= 11 is 0. The standard InChI is InChI=1S/C56H84N18O10/c1-33-16-18-36(19-17-33)73-32-71(52(84)56(73)21-27-70(28-22-56)48(79)39(13-7-24-65-54(60)61)68-46(77)38(57)12-6-23-64-53(58)59)30-44(76)67-41(31-75)49(80)72-26-20-34-9-2-4-11-37(34)45(72)50(81)74-42-15-5-3-10-35(42)29-43(74)47(78)69-40(51(82)83)14-8-25-66-55(62)63/h2,4,9,11,16-19,35,38-43,45,75H,3,5-8,10,12-15,20-32,57H2,1H3,(H,67,76)(H,68,77)(H,69,78)(H,82,83)(H4,58,59,64)(H4,60,61,65)(H4,62,63,66)/t35-,38+,39-,40-,41-,42-,43-,45+/m0/s1. The fourth-order valence-electron chi connectivity index (χ4n) is 12.5. The second-order valence-corrected chi connectivity index (χ2v) is 22.5. The van der Waals surface area contributed by atoms with Crippen LogP contribution in [-0.4, -0.2) is 196 Å². The zero-order valence-electron chi connectivity index (χ0n) is 47.8. The lowest BCUT2D eigenvalue weighted by Crippen LogP contribution is -2.60. The van der Waals surface area contributed by atoms with Crippen molar-refractivity contribution < 1.29 is 48.6 Å². The topological polar surface area (TPSA) is 449 Å². The largest absolute Gasteiger partial charge is 0.480 e. The molecule has 3 saturated heterocycles. The molecule has 1 aliphatic carbocycles. The fraction of sp³-hybridized carbons (Fsp3) is 0.589. The maximum absolute atomic E-state index is 15.5. The van der Waals surface area contributed by atoms with Gasteiger partial charge in [-0.3, -0.25) is 48.5 Å². The number of hydrogen-bond acceptors (Lipinski definition) is 14. The van der Waals surface area contributed by atoms with Gasteiger partial charge in [-0.25, -0.2) is 4.79 Å². The Kier molecular flexibility index (Phi) is 21.7. The Hall–Kier alpha value is -8.27. The Labute approximate surface area is 488 Å². The van der Waals surface area contributed by atoms with Crippen LogP contribution >= 0.6 is 0 Å². The van der Waals surface area contributed by atoms with E-state index in [0.29, 0.717) is 36.9 Å². The van der Waals surface area contributed by atoms with Crippen molar-refractivity contribution in [3.8, 4) is 0 Å². The first-order valence-corrected chi connectivity index (χ1v) is 28.9. The molecule has 2 aromatic rings. The van der Waals surface area contributed by atoms with Crippen molar-refractivity contribution in [2.75, 3.05) is 64.0 Å². The summed E-state index contributed by atoms with van der Waals surface area (Å²) in [5.74, 6) is -5.69. The third-order valence-electron chi connectivity index (χ3n) is 16.8. The molecule has 4 heterocycles. The number of aliphatic hydroxyl groups excluding tert-OH is 1. The molecule has 5 aliphatic rings. The molecular weight excluding hydrogens is 1080 g/mol. The zero-order chi connectivity index (χ0) is 60.8. The van der Waals surface area contributed by atoms with Crippen LogP contribution in [0.2, 0.25) is 0 Å². The van der Waals surface area contributed by atoms with Gasteiger partial charge in [0, 0.05) is 51.0 Å². The molecule has 1 spiro atoms. The van der Waals surface area contributed by atoms with E-state index in [-0.39, 0.29) is 127 Å². The van der Waals surface area contributed by atoms with Crippen molar-refractivity contribution in [1.29, 1.82) is 0 Å². The minimum absolute atomic E-state index is 0.0207. The number of carbonyl (C=O) groups is 8. The molecule has 8 atom stereocenters. The number of aliphatic imine (C=N–C) groups is 3. The fourth-order valence-corrected chi connectivity index (χ4v) is 12.5. The van der Waals surface area contributed by atoms with Crippen LogP contribution < -0.4 is 61.0 Å². The van der Waals surface area contributed by atoms with Crippen LogP contribution in [0.15, 0.2) is 63.5 Å². The van der Waals surface area contributed by atoms with Crippen molar-refractivity contribution in [3.05, 3.63) is 65.2 Å². The number of piperidine rings is 1. The van der Waals surface area contributed by atoms with Gasteiger partial charge < -0.3 is 90.8 Å². The molecule has 28 heteroatoms. The van der Waals surface area contributed by atoms with Gasteiger partial charge in [0.2, 0.25) is 29.5 Å². The minimum atomic E-state index is -1.56. The van der Waals surface area contributed by atoms with Gasteiger partial charge in [0.1, 0.15) is 42.3 Å². The molecule has 84 heavy (non-hydrogen) atoms. The van der Waals surface area contributed by atoms with Crippen molar-refractivity contribution in [3.63, 3.8) is 0 Å². The smallest absolute Gasteiger partial charge is 0.326 e. The number of carboxylic acid groups (broad SMARTS) is 1. The molecule has 1 saturated carbocycles. The highest BCUT2D eigenvalue weighted by Crippen LogP contribution is 2.44. The summed E-state index contributed by atoms with van der Waals surface area (Å²) in [6.07, 6.45) is 5.41. The first kappa shape index (κ1) is 63.3. The Morgan fingerprint density at radius 2 is 1.35 bits per heavy atom. The molecule has 0 radical (unpaired) electrons. The number of carboxylic acids is 1. The molecule has 7 amide bonds. The molecule has 458 valence electrons. The van der Waals surface area contributed by atoms with Gasteiger partial charge in [-0.2, -0.15) is 0 Å². The van der Waals surface area contributed by atoms with E-state index in [1.54, 1.807) is 17.0 Å². The number of carbonyl (C=O) groups excluding carboxylic acids is 7. The number of hydrogen-bond donors (Lipinski definition) is 12. The number of nitrogens with zero attached hydrogens (tertiary/aromatic N) is 8. The number of guanidine groups is 3. The summed E-state index contributed by atoms with van der Waals surface area (Å²) < 4.78 is 0. The van der Waals surface area contributed by atoms with Crippen LogP contribution in [0.5, 0.6) is 0 Å². The number of amides is 7. The average Bonchev–Trinajstić information content (AvgIpc) is 3.89. The Balaban J connectivity index is 1.07. The molecule has 7 rings (SSSR count). The highest BCUT2D eigenvalue weighted by atomic mass is 16.4. The lowest BCUT2D eigenvalue weighted by molar-refractivity contribution is -0.153. The highest BCUT2D eigenvalue weighted by Gasteiger charge is 2.56. The van der Waals surface area contributed by atoms with E-state index in [1.165, 1.54) is 14.7 Å². The summed E-state index contributed by atoms with van der Waals surface area (Å²) in [6.45, 7) is 1.35. The molecule has 4 aliphatic heterocycles. The van der Waals surface area contributed by atoms with Crippen molar-refractivity contribution in [2.45, 2.75) is 145 Å². The number of aryl methyl sites for hydroxylation is 1. The van der Waals surface area contributed by atoms with E-state index in [2.05, 4.69) is 30.9 Å². The van der Waals surface area contributed by atoms with Gasteiger partial charge in [-0.15, -0.1) is 0 Å². The second kappa shape index (κ2) is 28.8. The molecule has 2 aromatic carbocycles. The van der Waals surface area contributed by atoms with E-state index >= 15 is 4.79 Å². The number of benzene rings is 2. The van der Waals surface area contributed by atoms with E-state index in [9.17, 15) is 43.8 Å². The Morgan fingerprint density at radius 3 is 1.96 bits per heavy atom. The number of aliphatic carboxylic acids is 1. The first-order chi connectivity index (χ1) is 40.1. The number of aliphatic hydroxyl groups is 1. The number of rotatable bonds is 25. The zero-order valence-corrected chi connectivity index (χ0v) is 47.8. The van der Waals surface area contributed by atoms with Crippen molar-refractivity contribution >= 4 is 70.9 Å². The minimum Gasteiger partial charge on any atom is -0.480 e. The summed E-state index contributed by atoms with van der Waals surface area (Å²) in [7, 11) is 0. The number of anilines is 1. The van der Waals surface area contributed by atoms with Crippen LogP contribution in [0.25, 0.3) is 0 Å². The van der Waals surface area contributed by atoms with Gasteiger partial charge in [-0.1, -0.05) is 54.8 Å². The van der Waals surface area contributed by atoms with Gasteiger partial charge in [0.15, 0.2) is 17.9 Å². The Morgan fingerprint density at radius 1 is 0.738 bits per heavy atom. The van der Waals surface area contributed by atoms with Crippen LogP contribution in [0.4, 0.5) is 5.69 Å². The maximum Gasteiger partial charge on any atom is 0.326 e. The van der Waals surface area contributed by atoms with Gasteiger partial charge in [0.25, 0.3) is 11.8 Å². The molecular formula is C56H84N18O10. The van der Waals surface area contributed by atoms with E-state index in [1.807, 2.05) is 48.2 Å². The number of nitrogens with two attached hydrogens (primary N) is 7. The van der Waals surface area contributed by atoms with Crippen molar-refractivity contribution in [1.82, 2.24) is 35.6 Å². The molecule has 28 nitrogen and oxygen atoms in total. The van der Waals surface area contributed by atoms with Gasteiger partial charge in [-0.05, 0) is 113 Å². The summed E-state index contributed by atoms with van der Waals surface area (Å²) in [6, 6.07) is 7.19. The molecule has 0 unspecified atom stereocenters. The molecule has 4 fully saturated rings. The summed E-state index contributed by atoms with van der Waals surface area (Å²) in [4.78, 5) is 134. The number of fused-ring (bicyclic) bond motifs is 2. The number of nitrogens with one attached hydrogen (secondary N) is 3. The molecule has 0 bridgehead atoms. The lowest BCUT2D eigenvalue weighted by atomic mass is 9.84. The maximum atomic E-state index is 15.5. The van der Waals surface area contributed by atoms with Crippen LogP contribution in [0.1, 0.15) is 106 Å². The predicted octanol–water partition coefficient (Wildman–Crippen LogP) is -2.73. The first-order valence-electron chi connectivity index (χ1n) is 28.9. The SMILES string of the molecule is Cc1ccc(N2CN(CC(=O)N[C@@H](CO)C(=O)N3CCc4ccccc4[C@@H]3C(=O)N3[C@H](C(=O)N[C@@H](CCCN=C(N)N)C(=O)O)C[C@@H]4CCCC[C@@H]43)C(=O)C23CCN(C(=O)[C@H](CCCN=C(N)N)NC(=O)[C@H](N)CCCN=C(N)N)CC3)cc1. The quantitative estimate of drug-likeness (QED) is 0.0273. The van der Waals surface area contributed by atoms with Crippen molar-refractivity contribution in [2.24, 2.45) is 61.0 Å². The molecule has 19 N–H and O–H groups in total. The predicted molar refractivity (Wildman–Crippen MR) is 313 cm³/mol. The van der Waals surface area contributed by atoms with Gasteiger partial charge >= 0.3 is 5.97 Å². The third kappa shape index (κ3) is 15.3. The lowest BCUT2D eigenvalue weighted by Gasteiger charge is -2.44. The second-order valence-electron chi connectivity index (χ2n) is 22.5. The monoisotopic (exact) mass is 1170 g/mol. The van der Waals surface area contributed by atoms with Crippen LogP contribution in [0.3, 0.4) is 0 Å². The molecule has 0 aromatic heterocycles. The van der Waals surface area contributed by atoms with E-state index in [4.69, 9.17) is 40.1 Å². The highest BCUT2D eigenvalue weighted by molar-refractivity contribution is 5.99. The van der Waals surface area contributed by atoms with Gasteiger partial charge in [0.05, 0.1) is 19.3 Å². The van der Waals surface area contributed by atoms with Crippen LogP contribution in [-0.2, 0) is 44.8 Å². The summed E-state index contributed by atoms with van der Waals surface area (Å²) in [5, 5.41) is 29.2. The van der Waals surface area contributed by atoms with E-state index < -0.39 is 96.4 Å². The summed E-state index contributed by atoms with van der Waals surface area (Å²) in [5.41, 5.74) is 40.8.